The molecule has 0 unspecified atom stereocenters. The number of rotatable bonds is 6. The van der Waals surface area contributed by atoms with Crippen LogP contribution in [0.15, 0.2) is 54.7 Å². The van der Waals surface area contributed by atoms with Gasteiger partial charge in [0.15, 0.2) is 11.5 Å². The minimum Gasteiger partial charge on any atom is -0.493 e. The van der Waals surface area contributed by atoms with Gasteiger partial charge in [-0.25, -0.2) is 0 Å². The van der Waals surface area contributed by atoms with E-state index in [1.807, 2.05) is 30.3 Å². The number of benzene rings is 2. The van der Waals surface area contributed by atoms with Crippen LogP contribution >= 0.6 is 0 Å². The van der Waals surface area contributed by atoms with Crippen molar-refractivity contribution < 1.29 is 19.0 Å². The Hall–Kier alpha value is -3.72. The molecule has 0 aliphatic rings. The molecule has 0 aliphatic carbocycles. The summed E-state index contributed by atoms with van der Waals surface area (Å²) in [6, 6.07) is 14.7. The molecule has 3 aromatic rings. The van der Waals surface area contributed by atoms with Crippen LogP contribution in [0.2, 0.25) is 0 Å². The SMILES string of the molecule is COc1cccc(C(=O)NCC#CCOc2cccc3cccnc23)c1OC. The van der Waals surface area contributed by atoms with Crippen molar-refractivity contribution in [2.75, 3.05) is 27.4 Å². The van der Waals surface area contributed by atoms with Crippen LogP contribution in [0.25, 0.3) is 10.9 Å². The quantitative estimate of drug-likeness (QED) is 0.670. The number of nitrogens with one attached hydrogen (secondary N) is 1. The fourth-order valence-corrected chi connectivity index (χ4v) is 2.71. The Morgan fingerprint density at radius 3 is 2.61 bits per heavy atom. The normalized spacial score (nSPS) is 9.93. The number of pyridine rings is 1. The molecule has 1 heterocycles. The number of fused-ring (bicyclic) bond motifs is 1. The van der Waals surface area contributed by atoms with Crippen LogP contribution < -0.4 is 19.5 Å². The van der Waals surface area contributed by atoms with Gasteiger partial charge in [-0.2, -0.15) is 0 Å². The highest BCUT2D eigenvalue weighted by Gasteiger charge is 2.15. The van der Waals surface area contributed by atoms with Crippen LogP contribution in [-0.2, 0) is 0 Å². The molecule has 0 saturated heterocycles. The lowest BCUT2D eigenvalue weighted by Crippen LogP contribution is -2.24. The fourth-order valence-electron chi connectivity index (χ4n) is 2.71. The van der Waals surface area contributed by atoms with E-state index in [9.17, 15) is 4.79 Å². The van der Waals surface area contributed by atoms with Crippen LogP contribution in [0.1, 0.15) is 10.4 Å². The van der Waals surface area contributed by atoms with Crippen LogP contribution in [0.4, 0.5) is 0 Å². The average Bonchev–Trinajstić information content (AvgIpc) is 2.75. The average molecular weight is 376 g/mol. The predicted octanol–water partition coefficient (Wildman–Crippen LogP) is 3.06. The lowest BCUT2D eigenvalue weighted by molar-refractivity contribution is 0.0955. The first-order chi connectivity index (χ1) is 13.7. The largest absolute Gasteiger partial charge is 0.493 e. The van der Waals surface area contributed by atoms with Crippen molar-refractivity contribution in [2.45, 2.75) is 0 Å². The van der Waals surface area contributed by atoms with Gasteiger partial charge in [0.1, 0.15) is 17.9 Å². The van der Waals surface area contributed by atoms with E-state index in [2.05, 4.69) is 22.1 Å². The maximum absolute atomic E-state index is 12.3. The molecule has 6 nitrogen and oxygen atoms in total. The summed E-state index contributed by atoms with van der Waals surface area (Å²) >= 11 is 0. The number of carbonyl (C=O) groups excluding carboxylic acids is 1. The highest BCUT2D eigenvalue weighted by atomic mass is 16.5. The summed E-state index contributed by atoms with van der Waals surface area (Å²) in [5.41, 5.74) is 1.19. The van der Waals surface area contributed by atoms with Gasteiger partial charge in [0.05, 0.1) is 26.3 Å². The molecule has 1 amide bonds. The topological polar surface area (TPSA) is 69.7 Å². The van der Waals surface area contributed by atoms with Crippen LogP contribution in [-0.4, -0.2) is 38.3 Å². The van der Waals surface area contributed by atoms with Gasteiger partial charge in [0, 0.05) is 11.6 Å². The molecule has 1 aromatic heterocycles. The summed E-state index contributed by atoms with van der Waals surface area (Å²) in [6.07, 6.45) is 1.73. The molecular weight excluding hydrogens is 356 g/mol. The monoisotopic (exact) mass is 376 g/mol. The highest BCUT2D eigenvalue weighted by molar-refractivity contribution is 5.97. The maximum atomic E-state index is 12.3. The molecule has 0 aliphatic heterocycles. The Kier molecular flexibility index (Phi) is 6.32. The van der Waals surface area contributed by atoms with E-state index < -0.39 is 0 Å². The number of hydrogen-bond donors (Lipinski definition) is 1. The summed E-state index contributed by atoms with van der Waals surface area (Å²) in [5, 5.41) is 3.74. The number of ether oxygens (including phenoxy) is 3. The van der Waals surface area contributed by atoms with Crippen molar-refractivity contribution in [3.05, 3.63) is 60.3 Å². The lowest BCUT2D eigenvalue weighted by Gasteiger charge is -2.11. The fraction of sp³-hybridized carbons (Fsp3) is 0.182. The standard InChI is InChI=1S/C22H20N2O4/c1-26-19-12-6-10-17(21(19)27-2)22(25)24-13-3-4-15-28-18-11-5-8-16-9-7-14-23-20(16)18/h5-12,14H,13,15H2,1-2H3,(H,24,25). The Morgan fingerprint density at radius 1 is 1.00 bits per heavy atom. The maximum Gasteiger partial charge on any atom is 0.255 e. The molecule has 28 heavy (non-hydrogen) atoms. The Balaban J connectivity index is 1.55. The van der Waals surface area contributed by atoms with E-state index in [0.717, 1.165) is 10.9 Å². The number of methoxy groups -OCH3 is 2. The molecule has 142 valence electrons. The molecule has 1 N–H and O–H groups in total. The summed E-state index contributed by atoms with van der Waals surface area (Å²) in [6.45, 7) is 0.393. The first-order valence-corrected chi connectivity index (χ1v) is 8.66. The van der Waals surface area contributed by atoms with E-state index in [1.165, 1.54) is 14.2 Å². The Bertz CT molecular complexity index is 1030. The van der Waals surface area contributed by atoms with Gasteiger partial charge in [-0.05, 0) is 24.3 Å². The van der Waals surface area contributed by atoms with Gasteiger partial charge in [-0.1, -0.05) is 36.1 Å². The van der Waals surface area contributed by atoms with E-state index in [-0.39, 0.29) is 19.1 Å². The van der Waals surface area contributed by atoms with E-state index in [0.29, 0.717) is 22.8 Å². The summed E-state index contributed by atoms with van der Waals surface area (Å²) < 4.78 is 16.2. The second-order valence-corrected chi connectivity index (χ2v) is 5.70. The van der Waals surface area contributed by atoms with Crippen LogP contribution in [0, 0.1) is 11.8 Å². The zero-order chi connectivity index (χ0) is 19.8. The van der Waals surface area contributed by atoms with Crippen molar-refractivity contribution in [1.82, 2.24) is 10.3 Å². The number of nitrogens with zero attached hydrogens (tertiary/aromatic N) is 1. The van der Waals surface area contributed by atoms with Gasteiger partial charge in [-0.3, -0.25) is 9.78 Å². The minimum absolute atomic E-state index is 0.191. The molecule has 0 atom stereocenters. The van der Waals surface area contributed by atoms with Crippen LogP contribution in [0.3, 0.4) is 0 Å². The first kappa shape index (κ1) is 19.1. The van der Waals surface area contributed by atoms with Gasteiger partial charge in [-0.15, -0.1) is 0 Å². The van der Waals surface area contributed by atoms with Crippen LogP contribution in [0.5, 0.6) is 17.2 Å². The highest BCUT2D eigenvalue weighted by Crippen LogP contribution is 2.30. The predicted molar refractivity (Wildman–Crippen MR) is 107 cm³/mol. The third kappa shape index (κ3) is 4.33. The zero-order valence-corrected chi connectivity index (χ0v) is 15.7. The van der Waals surface area contributed by atoms with E-state index in [1.54, 1.807) is 24.4 Å². The van der Waals surface area contributed by atoms with Crippen molar-refractivity contribution in [2.24, 2.45) is 0 Å². The Labute approximate surface area is 163 Å². The summed E-state index contributed by atoms with van der Waals surface area (Å²) in [7, 11) is 3.02. The minimum atomic E-state index is -0.288. The number of amides is 1. The number of carbonyl (C=O) groups is 1. The molecule has 6 heteroatoms. The van der Waals surface area contributed by atoms with Gasteiger partial charge in [0.25, 0.3) is 5.91 Å². The molecule has 0 bridgehead atoms. The van der Waals surface area contributed by atoms with Gasteiger partial charge in [0.2, 0.25) is 0 Å². The van der Waals surface area contributed by atoms with Crippen molar-refractivity contribution >= 4 is 16.8 Å². The molecular formula is C22H20N2O4. The lowest BCUT2D eigenvalue weighted by atomic mass is 10.1. The van der Waals surface area contributed by atoms with E-state index in [4.69, 9.17) is 14.2 Å². The second kappa shape index (κ2) is 9.28. The zero-order valence-electron chi connectivity index (χ0n) is 15.7. The molecule has 2 aromatic carbocycles. The third-order valence-corrected chi connectivity index (χ3v) is 4.01. The molecule has 0 radical (unpaired) electrons. The van der Waals surface area contributed by atoms with Crippen molar-refractivity contribution in [3.8, 4) is 29.1 Å². The summed E-state index contributed by atoms with van der Waals surface area (Å²) in [4.78, 5) is 16.7. The number of para-hydroxylation sites is 2. The number of hydrogen-bond acceptors (Lipinski definition) is 5. The van der Waals surface area contributed by atoms with Gasteiger partial charge >= 0.3 is 0 Å². The van der Waals surface area contributed by atoms with Crippen molar-refractivity contribution in [1.29, 1.82) is 0 Å². The molecule has 0 saturated carbocycles. The van der Waals surface area contributed by atoms with Gasteiger partial charge < -0.3 is 19.5 Å². The molecule has 3 rings (SSSR count). The molecule has 0 spiro atoms. The summed E-state index contributed by atoms with van der Waals surface area (Å²) in [5.74, 6) is 7.04. The second-order valence-electron chi connectivity index (χ2n) is 5.70. The smallest absolute Gasteiger partial charge is 0.255 e. The third-order valence-electron chi connectivity index (χ3n) is 4.01. The molecule has 0 fully saturated rings. The van der Waals surface area contributed by atoms with Crippen molar-refractivity contribution in [3.63, 3.8) is 0 Å². The van der Waals surface area contributed by atoms with E-state index >= 15 is 0 Å². The number of aromatic nitrogens is 1. The Morgan fingerprint density at radius 2 is 1.79 bits per heavy atom. The first-order valence-electron chi connectivity index (χ1n) is 8.66.